The van der Waals surface area contributed by atoms with Crippen molar-refractivity contribution in [2.45, 2.75) is 58.7 Å². The Morgan fingerprint density at radius 2 is 1.57 bits per heavy atom. The van der Waals surface area contributed by atoms with E-state index in [1.54, 1.807) is 12.1 Å². The average molecular weight is 384 g/mol. The van der Waals surface area contributed by atoms with Crippen LogP contribution in [0.2, 0.25) is 0 Å². The molecule has 4 heteroatoms. The van der Waals surface area contributed by atoms with Crippen LogP contribution in [0.3, 0.4) is 0 Å². The predicted octanol–water partition coefficient (Wildman–Crippen LogP) is 4.36. The highest BCUT2D eigenvalue weighted by Crippen LogP contribution is 2.21. The Kier molecular flexibility index (Phi) is 8.68. The lowest BCUT2D eigenvalue weighted by Gasteiger charge is -2.32. The fourth-order valence-electron chi connectivity index (χ4n) is 3.36. The quantitative estimate of drug-likeness (QED) is 0.586. The Morgan fingerprint density at radius 1 is 0.964 bits per heavy atom. The van der Waals surface area contributed by atoms with Gasteiger partial charge in [0.2, 0.25) is 0 Å². The lowest BCUT2D eigenvalue weighted by molar-refractivity contribution is 0.0442. The number of ether oxygens (including phenoxy) is 1. The maximum atomic E-state index is 12.7. The number of hydrogen-bond acceptors (Lipinski definition) is 4. The third-order valence-corrected chi connectivity index (χ3v) is 4.85. The molecule has 0 heterocycles. The van der Waals surface area contributed by atoms with Gasteiger partial charge in [-0.05, 0) is 51.8 Å². The van der Waals surface area contributed by atoms with Crippen LogP contribution in [0.15, 0.2) is 54.6 Å². The minimum absolute atomic E-state index is 0.0555. The van der Waals surface area contributed by atoms with Gasteiger partial charge in [0.15, 0.2) is 5.78 Å². The molecule has 0 unspecified atom stereocenters. The van der Waals surface area contributed by atoms with Gasteiger partial charge < -0.3 is 9.84 Å². The van der Waals surface area contributed by atoms with E-state index in [-0.39, 0.29) is 12.4 Å². The van der Waals surface area contributed by atoms with Crippen LogP contribution in [-0.4, -0.2) is 47.1 Å². The molecule has 1 atom stereocenters. The van der Waals surface area contributed by atoms with Gasteiger partial charge in [-0.25, -0.2) is 0 Å². The zero-order valence-electron chi connectivity index (χ0n) is 17.5. The minimum atomic E-state index is -0.614. The Labute approximate surface area is 169 Å². The van der Waals surface area contributed by atoms with Crippen molar-refractivity contribution >= 4 is 5.78 Å². The van der Waals surface area contributed by atoms with Crippen LogP contribution in [0.25, 0.3) is 0 Å². The van der Waals surface area contributed by atoms with Crippen LogP contribution >= 0.6 is 0 Å². The summed E-state index contributed by atoms with van der Waals surface area (Å²) in [4.78, 5) is 14.9. The van der Waals surface area contributed by atoms with E-state index in [4.69, 9.17) is 4.74 Å². The molecule has 2 rings (SSSR count). The maximum Gasteiger partial charge on any atom is 0.166 e. The molecule has 152 valence electrons. The minimum Gasteiger partial charge on any atom is -0.490 e. The topological polar surface area (TPSA) is 49.8 Å². The molecule has 0 aliphatic carbocycles. The first-order valence-electron chi connectivity index (χ1n) is 10.1. The summed E-state index contributed by atoms with van der Waals surface area (Å²) < 4.78 is 5.83. The number of aliphatic hydroxyl groups is 1. The van der Waals surface area contributed by atoms with Crippen LogP contribution < -0.4 is 4.74 Å². The van der Waals surface area contributed by atoms with E-state index in [2.05, 4.69) is 32.6 Å². The van der Waals surface area contributed by atoms with E-state index in [0.29, 0.717) is 42.8 Å². The molecular formula is C24H33NO3. The van der Waals surface area contributed by atoms with Gasteiger partial charge in [0, 0.05) is 25.0 Å². The zero-order valence-corrected chi connectivity index (χ0v) is 17.5. The summed E-state index contributed by atoms with van der Waals surface area (Å²) in [6.07, 6.45) is 0.521. The molecular weight excluding hydrogens is 350 g/mol. The number of aliphatic hydroxyl groups excluding tert-OH is 1. The Morgan fingerprint density at radius 3 is 2.21 bits per heavy atom. The van der Waals surface area contributed by atoms with Gasteiger partial charge in [-0.1, -0.05) is 42.5 Å². The molecule has 28 heavy (non-hydrogen) atoms. The first-order chi connectivity index (χ1) is 13.4. The van der Waals surface area contributed by atoms with Crippen molar-refractivity contribution in [1.29, 1.82) is 0 Å². The Hall–Kier alpha value is -2.17. The van der Waals surface area contributed by atoms with Crippen molar-refractivity contribution in [2.75, 3.05) is 13.2 Å². The fourth-order valence-corrected chi connectivity index (χ4v) is 3.36. The Balaban J connectivity index is 1.94. The number of ketones is 1. The third-order valence-electron chi connectivity index (χ3n) is 4.85. The summed E-state index contributed by atoms with van der Waals surface area (Å²) >= 11 is 0. The third kappa shape index (κ3) is 6.77. The molecule has 0 radical (unpaired) electrons. The number of hydrogen-bond donors (Lipinski definition) is 1. The van der Waals surface area contributed by atoms with E-state index >= 15 is 0 Å². The highest BCUT2D eigenvalue weighted by atomic mass is 16.5. The largest absolute Gasteiger partial charge is 0.490 e. The average Bonchev–Trinajstić information content (AvgIpc) is 2.69. The summed E-state index contributed by atoms with van der Waals surface area (Å²) in [5.74, 6) is 0.597. The van der Waals surface area contributed by atoms with Crippen molar-refractivity contribution < 1.29 is 14.6 Å². The molecule has 0 aliphatic heterocycles. The monoisotopic (exact) mass is 383 g/mol. The van der Waals surface area contributed by atoms with Crippen molar-refractivity contribution in [3.8, 4) is 5.75 Å². The van der Waals surface area contributed by atoms with E-state index < -0.39 is 6.10 Å². The molecule has 4 nitrogen and oxygen atoms in total. The highest BCUT2D eigenvalue weighted by Gasteiger charge is 2.19. The molecule has 0 aromatic heterocycles. The summed E-state index contributed by atoms with van der Waals surface area (Å²) in [7, 11) is 0. The number of carbonyl (C=O) groups excluding carboxylic acids is 1. The van der Waals surface area contributed by atoms with Crippen molar-refractivity contribution in [3.05, 3.63) is 65.7 Å². The van der Waals surface area contributed by atoms with Gasteiger partial charge in [-0.15, -0.1) is 0 Å². The number of benzene rings is 2. The second kappa shape index (κ2) is 11.0. The normalized spacial score (nSPS) is 12.6. The van der Waals surface area contributed by atoms with Crippen LogP contribution in [-0.2, 0) is 6.42 Å². The molecule has 2 aromatic rings. The first kappa shape index (κ1) is 22.1. The van der Waals surface area contributed by atoms with Crippen LogP contribution in [0.1, 0.15) is 50.0 Å². The molecule has 1 N–H and O–H groups in total. The molecule has 0 bridgehead atoms. The van der Waals surface area contributed by atoms with E-state index in [9.17, 15) is 9.90 Å². The number of nitrogens with zero attached hydrogens (tertiary/aromatic N) is 1. The van der Waals surface area contributed by atoms with Crippen molar-refractivity contribution in [1.82, 2.24) is 4.90 Å². The highest BCUT2D eigenvalue weighted by molar-refractivity contribution is 5.98. The molecule has 2 aromatic carbocycles. The number of para-hydroxylation sites is 1. The fraction of sp³-hybridized carbons (Fsp3) is 0.458. The first-order valence-corrected chi connectivity index (χ1v) is 10.1. The molecule has 0 saturated heterocycles. The smallest absolute Gasteiger partial charge is 0.166 e. The summed E-state index contributed by atoms with van der Waals surface area (Å²) in [6, 6.07) is 18.0. The Bertz CT molecular complexity index is 720. The van der Waals surface area contributed by atoms with Crippen LogP contribution in [0.5, 0.6) is 5.75 Å². The predicted molar refractivity (Wildman–Crippen MR) is 114 cm³/mol. The van der Waals surface area contributed by atoms with E-state index in [1.807, 2.05) is 42.5 Å². The standard InChI is InChI=1S/C24H33NO3/c1-18(2)25(19(3)4)16-21(26)17-28-24-13-9-8-12-22(24)23(27)15-14-20-10-6-5-7-11-20/h5-13,18-19,21,26H,14-17H2,1-4H3/t21-/m1/s1. The SMILES string of the molecule is CC(C)N(C[C@@H](O)COc1ccccc1C(=O)CCc1ccccc1)C(C)C. The lowest BCUT2D eigenvalue weighted by Crippen LogP contribution is -2.43. The van der Waals surface area contributed by atoms with Gasteiger partial charge in [-0.2, -0.15) is 0 Å². The van der Waals surface area contributed by atoms with E-state index in [0.717, 1.165) is 5.56 Å². The summed E-state index contributed by atoms with van der Waals surface area (Å²) in [5.41, 5.74) is 1.72. The van der Waals surface area contributed by atoms with Gasteiger partial charge in [0.25, 0.3) is 0 Å². The van der Waals surface area contributed by atoms with Crippen LogP contribution in [0, 0.1) is 0 Å². The second-order valence-corrected chi connectivity index (χ2v) is 7.75. The molecule has 0 saturated carbocycles. The van der Waals surface area contributed by atoms with Gasteiger partial charge in [-0.3, -0.25) is 9.69 Å². The number of rotatable bonds is 11. The van der Waals surface area contributed by atoms with Gasteiger partial charge in [0.05, 0.1) is 5.56 Å². The second-order valence-electron chi connectivity index (χ2n) is 7.75. The van der Waals surface area contributed by atoms with Crippen molar-refractivity contribution in [3.63, 3.8) is 0 Å². The summed E-state index contributed by atoms with van der Waals surface area (Å²) in [6.45, 7) is 9.18. The zero-order chi connectivity index (χ0) is 20.5. The molecule has 0 spiro atoms. The van der Waals surface area contributed by atoms with Gasteiger partial charge in [0.1, 0.15) is 18.5 Å². The number of aryl methyl sites for hydroxylation is 1. The molecule has 0 amide bonds. The lowest BCUT2D eigenvalue weighted by atomic mass is 10.0. The maximum absolute atomic E-state index is 12.7. The van der Waals surface area contributed by atoms with E-state index in [1.165, 1.54) is 0 Å². The van der Waals surface area contributed by atoms with Gasteiger partial charge >= 0.3 is 0 Å². The van der Waals surface area contributed by atoms with Crippen molar-refractivity contribution in [2.24, 2.45) is 0 Å². The van der Waals surface area contributed by atoms with Crippen LogP contribution in [0.4, 0.5) is 0 Å². The summed E-state index contributed by atoms with van der Waals surface area (Å²) in [5, 5.41) is 10.4. The number of carbonyl (C=O) groups is 1. The molecule has 0 fully saturated rings. The number of Topliss-reactive ketones (excluding diaryl/α,β-unsaturated/α-hetero) is 1. The molecule has 0 aliphatic rings.